The van der Waals surface area contributed by atoms with Crippen LogP contribution < -0.4 is 0 Å². The Morgan fingerprint density at radius 2 is 1.43 bits per heavy atom. The predicted octanol–water partition coefficient (Wildman–Crippen LogP) is 5.41. The molecular weight excluding hydrogens is 402 g/mol. The molecule has 7 heteroatoms. The molecule has 0 radical (unpaired) electrons. The standard InChI is InChI=1S/C21H33NO3SSi2/c1-18-13-15-20(16-14-18)26(23,24)22(27(2,3)4)17-21(25-28(5,6)7)19-11-9-8-10-12-19/h8-16,21H,17H2,1-7H3. The Morgan fingerprint density at radius 3 is 1.89 bits per heavy atom. The smallest absolute Gasteiger partial charge is 0.237 e. The molecule has 0 aliphatic heterocycles. The molecule has 0 aliphatic carbocycles. The van der Waals surface area contributed by atoms with Crippen molar-refractivity contribution in [2.75, 3.05) is 6.54 Å². The lowest BCUT2D eigenvalue weighted by atomic mass is 10.1. The van der Waals surface area contributed by atoms with Crippen LogP contribution in [0.1, 0.15) is 17.2 Å². The first-order valence-electron chi connectivity index (χ1n) is 9.63. The summed E-state index contributed by atoms with van der Waals surface area (Å²) in [6.45, 7) is 14.9. The lowest BCUT2D eigenvalue weighted by molar-refractivity contribution is 0.183. The lowest BCUT2D eigenvalue weighted by Crippen LogP contribution is -2.52. The highest BCUT2D eigenvalue weighted by molar-refractivity contribution is 7.90. The van der Waals surface area contributed by atoms with Crippen LogP contribution in [0.5, 0.6) is 0 Å². The molecule has 154 valence electrons. The number of hydrogen-bond donors (Lipinski definition) is 0. The molecule has 0 spiro atoms. The van der Waals surface area contributed by atoms with Crippen molar-refractivity contribution in [2.45, 2.75) is 57.2 Å². The minimum Gasteiger partial charge on any atom is -0.409 e. The molecule has 0 aromatic heterocycles. The molecule has 0 heterocycles. The summed E-state index contributed by atoms with van der Waals surface area (Å²) in [5.41, 5.74) is 2.06. The molecule has 0 N–H and O–H groups in total. The first-order valence-corrected chi connectivity index (χ1v) is 17.9. The van der Waals surface area contributed by atoms with Crippen molar-refractivity contribution in [3.63, 3.8) is 0 Å². The van der Waals surface area contributed by atoms with E-state index in [0.29, 0.717) is 11.4 Å². The maximum atomic E-state index is 13.5. The summed E-state index contributed by atoms with van der Waals surface area (Å²) in [7, 11) is -7.69. The van der Waals surface area contributed by atoms with Crippen LogP contribution in [0.4, 0.5) is 0 Å². The molecule has 4 nitrogen and oxygen atoms in total. The Bertz CT molecular complexity index is 871. The van der Waals surface area contributed by atoms with Gasteiger partial charge in [-0.1, -0.05) is 67.7 Å². The second-order valence-electron chi connectivity index (χ2n) is 9.15. The number of benzene rings is 2. The fourth-order valence-electron chi connectivity index (χ4n) is 3.03. The Kier molecular flexibility index (Phi) is 7.09. The van der Waals surface area contributed by atoms with Crippen molar-refractivity contribution in [3.8, 4) is 0 Å². The van der Waals surface area contributed by atoms with Gasteiger partial charge < -0.3 is 4.43 Å². The zero-order valence-electron chi connectivity index (χ0n) is 18.1. The largest absolute Gasteiger partial charge is 0.409 e. The monoisotopic (exact) mass is 435 g/mol. The number of aryl methyl sites for hydroxylation is 1. The van der Waals surface area contributed by atoms with Gasteiger partial charge in [-0.15, -0.1) is 0 Å². The predicted molar refractivity (Wildman–Crippen MR) is 122 cm³/mol. The summed E-state index contributed by atoms with van der Waals surface area (Å²) in [6, 6.07) is 17.1. The van der Waals surface area contributed by atoms with Crippen molar-refractivity contribution >= 4 is 26.6 Å². The molecule has 2 aromatic carbocycles. The third kappa shape index (κ3) is 6.12. The van der Waals surface area contributed by atoms with Crippen molar-refractivity contribution in [3.05, 3.63) is 65.7 Å². The Balaban J connectivity index is 2.47. The van der Waals surface area contributed by atoms with Gasteiger partial charge >= 0.3 is 0 Å². The molecule has 0 fully saturated rings. The van der Waals surface area contributed by atoms with Gasteiger partial charge in [0.2, 0.25) is 10.0 Å². The number of sulfonamides is 1. The topological polar surface area (TPSA) is 46.6 Å². The fraction of sp³-hybridized carbons (Fsp3) is 0.429. The molecule has 0 saturated carbocycles. The van der Waals surface area contributed by atoms with Crippen LogP contribution in [0.25, 0.3) is 0 Å². The minimum absolute atomic E-state index is 0.278. The van der Waals surface area contributed by atoms with E-state index in [0.717, 1.165) is 11.1 Å². The molecule has 1 unspecified atom stereocenters. The molecule has 0 amide bonds. The normalized spacial score (nSPS) is 14.3. The molecule has 0 bridgehead atoms. The van der Waals surface area contributed by atoms with Gasteiger partial charge in [0.05, 0.1) is 11.0 Å². The van der Waals surface area contributed by atoms with Crippen LogP contribution in [0.2, 0.25) is 39.3 Å². The zero-order chi connectivity index (χ0) is 21.2. The van der Waals surface area contributed by atoms with E-state index in [9.17, 15) is 8.42 Å². The Hall–Kier alpha value is -1.26. The second-order valence-corrected chi connectivity index (χ2v) is 20.7. The minimum atomic E-state index is -3.60. The van der Waals surface area contributed by atoms with Gasteiger partial charge in [-0.25, -0.2) is 12.4 Å². The number of rotatable bonds is 8. The summed E-state index contributed by atoms with van der Waals surface area (Å²) in [4.78, 5) is 0.348. The Labute approximate surface area is 172 Å². The van der Waals surface area contributed by atoms with Crippen molar-refractivity contribution in [1.82, 2.24) is 3.97 Å². The van der Waals surface area contributed by atoms with E-state index in [4.69, 9.17) is 4.43 Å². The van der Waals surface area contributed by atoms with E-state index >= 15 is 0 Å². The molecule has 0 aliphatic rings. The van der Waals surface area contributed by atoms with Crippen LogP contribution in [0, 0.1) is 6.92 Å². The van der Waals surface area contributed by atoms with Crippen molar-refractivity contribution < 1.29 is 12.8 Å². The van der Waals surface area contributed by atoms with E-state index in [2.05, 4.69) is 39.3 Å². The van der Waals surface area contributed by atoms with E-state index in [-0.39, 0.29) is 6.10 Å². The van der Waals surface area contributed by atoms with Gasteiger partial charge in [-0.05, 0) is 44.3 Å². The van der Waals surface area contributed by atoms with E-state index in [1.54, 1.807) is 16.1 Å². The summed E-state index contributed by atoms with van der Waals surface area (Å²) >= 11 is 0. The summed E-state index contributed by atoms with van der Waals surface area (Å²) in [5, 5.41) is 0. The summed E-state index contributed by atoms with van der Waals surface area (Å²) in [6.07, 6.45) is -0.278. The van der Waals surface area contributed by atoms with Crippen molar-refractivity contribution in [2.24, 2.45) is 0 Å². The van der Waals surface area contributed by atoms with Gasteiger partial charge in [-0.2, -0.15) is 0 Å². The third-order valence-corrected chi connectivity index (χ3v) is 11.0. The van der Waals surface area contributed by atoms with Gasteiger partial charge in [0.15, 0.2) is 8.32 Å². The molecular formula is C21H33NO3SSi2. The lowest BCUT2D eigenvalue weighted by Gasteiger charge is -2.37. The van der Waals surface area contributed by atoms with E-state index in [1.807, 2.05) is 49.4 Å². The van der Waals surface area contributed by atoms with Crippen LogP contribution >= 0.6 is 0 Å². The van der Waals surface area contributed by atoms with E-state index in [1.165, 1.54) is 0 Å². The van der Waals surface area contributed by atoms with Gasteiger partial charge in [0, 0.05) is 6.54 Å². The van der Waals surface area contributed by atoms with Crippen LogP contribution in [0.3, 0.4) is 0 Å². The average Bonchev–Trinajstić information content (AvgIpc) is 2.57. The quantitative estimate of drug-likeness (QED) is 0.521. The maximum absolute atomic E-state index is 13.5. The zero-order valence-corrected chi connectivity index (χ0v) is 20.9. The SMILES string of the molecule is Cc1ccc(S(=O)(=O)N(CC(O[Si](C)(C)C)c2ccccc2)[Si](C)(C)C)cc1. The molecule has 28 heavy (non-hydrogen) atoms. The van der Waals surface area contributed by atoms with Gasteiger partial charge in [-0.3, -0.25) is 0 Å². The molecule has 2 rings (SSSR count). The summed E-state index contributed by atoms with van der Waals surface area (Å²) in [5.74, 6) is 0. The molecule has 1 atom stereocenters. The number of hydrogen-bond acceptors (Lipinski definition) is 3. The fourth-order valence-corrected chi connectivity index (χ4v) is 9.07. The van der Waals surface area contributed by atoms with Crippen LogP contribution in [-0.4, -0.2) is 35.5 Å². The molecule has 2 aromatic rings. The highest BCUT2D eigenvalue weighted by Crippen LogP contribution is 2.30. The van der Waals surface area contributed by atoms with Crippen LogP contribution in [0.15, 0.2) is 59.5 Å². The van der Waals surface area contributed by atoms with Crippen LogP contribution in [-0.2, 0) is 14.4 Å². The maximum Gasteiger partial charge on any atom is 0.237 e. The number of nitrogens with zero attached hydrogens (tertiary/aromatic N) is 1. The van der Waals surface area contributed by atoms with Gasteiger partial charge in [0.25, 0.3) is 0 Å². The average molecular weight is 436 g/mol. The van der Waals surface area contributed by atoms with E-state index < -0.39 is 26.6 Å². The van der Waals surface area contributed by atoms with Crippen molar-refractivity contribution in [1.29, 1.82) is 0 Å². The highest BCUT2D eigenvalue weighted by Gasteiger charge is 2.38. The molecule has 0 saturated heterocycles. The Morgan fingerprint density at radius 1 is 0.893 bits per heavy atom. The highest BCUT2D eigenvalue weighted by atomic mass is 32.2. The first kappa shape index (κ1) is 23.0. The first-order chi connectivity index (χ1) is 12.8. The third-order valence-electron chi connectivity index (χ3n) is 4.36. The summed E-state index contributed by atoms with van der Waals surface area (Å²) < 4.78 is 35.2. The second kappa shape index (κ2) is 8.63. The van der Waals surface area contributed by atoms with Gasteiger partial charge in [0.1, 0.15) is 8.24 Å².